The highest BCUT2D eigenvalue weighted by Gasteiger charge is 2.28. The zero-order chi connectivity index (χ0) is 13.2. The van der Waals surface area contributed by atoms with E-state index in [4.69, 9.17) is 9.47 Å². The Hall–Kier alpha value is -1.22. The number of methoxy groups -OCH3 is 1. The van der Waals surface area contributed by atoms with E-state index in [0.29, 0.717) is 6.04 Å². The van der Waals surface area contributed by atoms with Crippen molar-refractivity contribution in [2.75, 3.05) is 19.0 Å². The molecular weight excluding hydrogens is 226 g/mol. The maximum Gasteiger partial charge on any atom is 0.119 e. The van der Waals surface area contributed by atoms with Gasteiger partial charge in [-0.05, 0) is 57.4 Å². The van der Waals surface area contributed by atoms with Crippen LogP contribution in [0.3, 0.4) is 0 Å². The van der Waals surface area contributed by atoms with Gasteiger partial charge in [-0.2, -0.15) is 0 Å². The number of ether oxygens (including phenoxy) is 2. The number of aryl methyl sites for hydroxylation is 1. The van der Waals surface area contributed by atoms with Gasteiger partial charge >= 0.3 is 0 Å². The molecule has 1 N–H and O–H groups in total. The van der Waals surface area contributed by atoms with E-state index in [9.17, 15) is 0 Å². The van der Waals surface area contributed by atoms with Crippen molar-refractivity contribution in [3.63, 3.8) is 0 Å². The van der Waals surface area contributed by atoms with Crippen molar-refractivity contribution in [1.29, 1.82) is 0 Å². The largest absolute Gasteiger partial charge is 0.497 e. The van der Waals surface area contributed by atoms with Crippen molar-refractivity contribution in [2.45, 2.75) is 45.3 Å². The zero-order valence-corrected chi connectivity index (χ0v) is 11.7. The maximum atomic E-state index is 5.74. The van der Waals surface area contributed by atoms with Gasteiger partial charge in [-0.3, -0.25) is 0 Å². The van der Waals surface area contributed by atoms with Crippen molar-refractivity contribution < 1.29 is 9.47 Å². The Labute approximate surface area is 109 Å². The molecule has 1 saturated heterocycles. The summed E-state index contributed by atoms with van der Waals surface area (Å²) in [6, 6.07) is 6.64. The first-order valence-electron chi connectivity index (χ1n) is 6.55. The van der Waals surface area contributed by atoms with Gasteiger partial charge in [-0.1, -0.05) is 0 Å². The average molecular weight is 249 g/mol. The fourth-order valence-corrected chi connectivity index (χ4v) is 2.50. The standard InChI is InChI=1S/C15H23NO2/c1-11-9-13(17-4)5-6-14(11)16-12-7-8-18-15(2,3)10-12/h5-6,9,12,16H,7-8,10H2,1-4H3. The van der Waals surface area contributed by atoms with Crippen LogP contribution in [0.15, 0.2) is 18.2 Å². The Morgan fingerprint density at radius 1 is 1.39 bits per heavy atom. The summed E-state index contributed by atoms with van der Waals surface area (Å²) < 4.78 is 11.0. The SMILES string of the molecule is COc1ccc(NC2CCOC(C)(C)C2)c(C)c1. The first kappa shape index (κ1) is 13.2. The number of rotatable bonds is 3. The Morgan fingerprint density at radius 2 is 2.17 bits per heavy atom. The molecule has 1 aromatic carbocycles. The van der Waals surface area contributed by atoms with Gasteiger partial charge in [-0.25, -0.2) is 0 Å². The Morgan fingerprint density at radius 3 is 2.78 bits per heavy atom. The number of hydrogen-bond acceptors (Lipinski definition) is 3. The quantitative estimate of drug-likeness (QED) is 0.891. The lowest BCUT2D eigenvalue weighted by Crippen LogP contribution is -2.40. The van der Waals surface area contributed by atoms with Crippen LogP contribution in [0.1, 0.15) is 32.3 Å². The molecule has 100 valence electrons. The van der Waals surface area contributed by atoms with Crippen molar-refractivity contribution in [2.24, 2.45) is 0 Å². The summed E-state index contributed by atoms with van der Waals surface area (Å²) in [7, 11) is 1.70. The van der Waals surface area contributed by atoms with Crippen LogP contribution in [-0.2, 0) is 4.74 Å². The monoisotopic (exact) mass is 249 g/mol. The van der Waals surface area contributed by atoms with Crippen LogP contribution in [0.2, 0.25) is 0 Å². The van der Waals surface area contributed by atoms with Crippen LogP contribution in [0.25, 0.3) is 0 Å². The van der Waals surface area contributed by atoms with Gasteiger partial charge in [0.25, 0.3) is 0 Å². The van der Waals surface area contributed by atoms with Crippen LogP contribution in [0.4, 0.5) is 5.69 Å². The number of hydrogen-bond donors (Lipinski definition) is 1. The maximum absolute atomic E-state index is 5.74. The van der Waals surface area contributed by atoms with Gasteiger partial charge in [0.2, 0.25) is 0 Å². The van der Waals surface area contributed by atoms with Crippen LogP contribution >= 0.6 is 0 Å². The van der Waals surface area contributed by atoms with E-state index >= 15 is 0 Å². The Kier molecular flexibility index (Phi) is 3.81. The smallest absolute Gasteiger partial charge is 0.119 e. The number of anilines is 1. The topological polar surface area (TPSA) is 30.5 Å². The molecule has 0 saturated carbocycles. The van der Waals surface area contributed by atoms with E-state index < -0.39 is 0 Å². The highest BCUT2D eigenvalue weighted by atomic mass is 16.5. The van der Waals surface area contributed by atoms with E-state index in [1.165, 1.54) is 11.3 Å². The molecule has 1 heterocycles. The highest BCUT2D eigenvalue weighted by Crippen LogP contribution is 2.28. The molecule has 1 aromatic rings. The predicted octanol–water partition coefficient (Wildman–Crippen LogP) is 3.37. The lowest BCUT2D eigenvalue weighted by molar-refractivity contribution is -0.0553. The van der Waals surface area contributed by atoms with E-state index in [0.717, 1.165) is 25.2 Å². The zero-order valence-electron chi connectivity index (χ0n) is 11.7. The molecule has 0 amide bonds. The lowest BCUT2D eigenvalue weighted by Gasteiger charge is -2.36. The number of benzene rings is 1. The molecule has 18 heavy (non-hydrogen) atoms. The molecule has 0 spiro atoms. The molecule has 3 heteroatoms. The summed E-state index contributed by atoms with van der Waals surface area (Å²) in [5, 5.41) is 3.62. The summed E-state index contributed by atoms with van der Waals surface area (Å²) in [6.07, 6.45) is 2.10. The second-order valence-electron chi connectivity index (χ2n) is 5.62. The van der Waals surface area contributed by atoms with Gasteiger partial charge in [0, 0.05) is 18.3 Å². The summed E-state index contributed by atoms with van der Waals surface area (Å²) in [6.45, 7) is 7.25. The van der Waals surface area contributed by atoms with E-state index in [1.54, 1.807) is 7.11 Å². The molecule has 2 rings (SSSR count). The minimum Gasteiger partial charge on any atom is -0.497 e. The second-order valence-corrected chi connectivity index (χ2v) is 5.62. The normalized spacial score (nSPS) is 22.6. The molecular formula is C15H23NO2. The van der Waals surface area contributed by atoms with Crippen molar-refractivity contribution in [1.82, 2.24) is 0 Å². The molecule has 1 fully saturated rings. The lowest BCUT2D eigenvalue weighted by atomic mass is 9.93. The molecule has 1 aliphatic rings. The minimum atomic E-state index is -0.0176. The average Bonchev–Trinajstić information content (AvgIpc) is 2.30. The van der Waals surface area contributed by atoms with Crippen LogP contribution < -0.4 is 10.1 Å². The Balaban J connectivity index is 2.05. The van der Waals surface area contributed by atoms with Crippen LogP contribution in [0.5, 0.6) is 5.75 Å². The first-order chi connectivity index (χ1) is 8.50. The van der Waals surface area contributed by atoms with Gasteiger partial charge < -0.3 is 14.8 Å². The van der Waals surface area contributed by atoms with Gasteiger partial charge in [0.15, 0.2) is 0 Å². The van der Waals surface area contributed by atoms with Gasteiger partial charge in [0.05, 0.1) is 12.7 Å². The Bertz CT molecular complexity index is 415. The van der Waals surface area contributed by atoms with Crippen molar-refractivity contribution >= 4 is 5.69 Å². The summed E-state index contributed by atoms with van der Waals surface area (Å²) in [5.41, 5.74) is 2.40. The summed E-state index contributed by atoms with van der Waals surface area (Å²) in [5.74, 6) is 0.908. The molecule has 1 unspecified atom stereocenters. The molecule has 0 radical (unpaired) electrons. The molecule has 1 aliphatic heterocycles. The van der Waals surface area contributed by atoms with Crippen LogP contribution in [-0.4, -0.2) is 25.4 Å². The van der Waals surface area contributed by atoms with E-state index in [-0.39, 0.29) is 5.60 Å². The molecule has 0 aromatic heterocycles. The third-order valence-electron chi connectivity index (χ3n) is 3.49. The van der Waals surface area contributed by atoms with E-state index in [1.807, 2.05) is 6.07 Å². The van der Waals surface area contributed by atoms with Crippen LogP contribution in [0, 0.1) is 6.92 Å². The molecule has 1 atom stereocenters. The summed E-state index contributed by atoms with van der Waals surface area (Å²) in [4.78, 5) is 0. The minimum absolute atomic E-state index is 0.0176. The molecule has 0 bridgehead atoms. The summed E-state index contributed by atoms with van der Waals surface area (Å²) >= 11 is 0. The van der Waals surface area contributed by atoms with Crippen molar-refractivity contribution in [3.05, 3.63) is 23.8 Å². The first-order valence-corrected chi connectivity index (χ1v) is 6.55. The molecule has 3 nitrogen and oxygen atoms in total. The fraction of sp³-hybridized carbons (Fsp3) is 0.600. The van der Waals surface area contributed by atoms with Gasteiger partial charge in [0.1, 0.15) is 5.75 Å². The third kappa shape index (κ3) is 3.16. The highest BCUT2D eigenvalue weighted by molar-refractivity contribution is 5.54. The number of nitrogens with one attached hydrogen (secondary N) is 1. The second kappa shape index (κ2) is 5.19. The predicted molar refractivity (Wildman–Crippen MR) is 74.4 cm³/mol. The fourth-order valence-electron chi connectivity index (χ4n) is 2.50. The van der Waals surface area contributed by atoms with Crippen molar-refractivity contribution in [3.8, 4) is 5.75 Å². The van der Waals surface area contributed by atoms with Gasteiger partial charge in [-0.15, -0.1) is 0 Å². The third-order valence-corrected chi connectivity index (χ3v) is 3.49. The van der Waals surface area contributed by atoms with E-state index in [2.05, 4.69) is 38.2 Å². The molecule has 0 aliphatic carbocycles.